The van der Waals surface area contributed by atoms with Crippen molar-refractivity contribution in [1.82, 2.24) is 20.5 Å². The molecule has 0 saturated heterocycles. The number of anilines is 2. The number of carboxylic acid groups (broad SMARTS) is 1. The van der Waals surface area contributed by atoms with Crippen LogP contribution in [0.15, 0.2) is 77.6 Å². The molecule has 1 saturated carbocycles. The van der Waals surface area contributed by atoms with Gasteiger partial charge in [0.25, 0.3) is 23.6 Å². The molecule has 1 fully saturated rings. The highest BCUT2D eigenvalue weighted by Gasteiger charge is 2.38. The summed E-state index contributed by atoms with van der Waals surface area (Å²) < 4.78 is 48.4. The number of amides is 4. The van der Waals surface area contributed by atoms with Crippen LogP contribution < -0.4 is 31.7 Å². The SMILES string of the molecule is N[C@H](CNCCOCCOCCNC(=O)c1cccc(NC(=O)c2ccc(CN(C(=O)c3ccc4c(c3)OCC(=O)N4)C3CC3)cc2)c1)Cc1cscn1.O=C(O)C(F)(F)F. The zero-order valence-corrected chi connectivity index (χ0v) is 33.7. The zero-order valence-electron chi connectivity index (χ0n) is 32.9. The normalized spacial score (nSPS) is 13.7. The van der Waals surface area contributed by atoms with Gasteiger partial charge in [0, 0.05) is 72.4 Å². The van der Waals surface area contributed by atoms with Crippen molar-refractivity contribution in [3.63, 3.8) is 0 Å². The van der Waals surface area contributed by atoms with E-state index in [1.165, 1.54) is 0 Å². The van der Waals surface area contributed by atoms with E-state index in [4.69, 9.17) is 29.8 Å². The van der Waals surface area contributed by atoms with Crippen molar-refractivity contribution in [3.8, 4) is 5.75 Å². The number of nitrogens with two attached hydrogens (primary N) is 1. The van der Waals surface area contributed by atoms with Crippen molar-refractivity contribution in [2.75, 3.05) is 63.3 Å². The van der Waals surface area contributed by atoms with Crippen LogP contribution in [0.2, 0.25) is 0 Å². The van der Waals surface area contributed by atoms with Crippen LogP contribution >= 0.6 is 11.3 Å². The van der Waals surface area contributed by atoms with Crippen molar-refractivity contribution in [2.45, 2.75) is 44.1 Å². The van der Waals surface area contributed by atoms with Gasteiger partial charge in [-0.1, -0.05) is 18.2 Å². The van der Waals surface area contributed by atoms with Crippen LogP contribution in [0.25, 0.3) is 0 Å². The number of rotatable bonds is 20. The third kappa shape index (κ3) is 15.2. The number of aliphatic carboxylic acids is 1. The summed E-state index contributed by atoms with van der Waals surface area (Å²) in [6.45, 7) is 3.73. The number of hydrogen-bond donors (Lipinski definition) is 6. The average Bonchev–Trinajstić information content (AvgIpc) is 3.96. The molecule has 61 heavy (non-hydrogen) atoms. The molecule has 0 spiro atoms. The van der Waals surface area contributed by atoms with Crippen LogP contribution in [0, 0.1) is 0 Å². The Morgan fingerprint density at radius 1 is 0.951 bits per heavy atom. The molecule has 1 aliphatic heterocycles. The van der Waals surface area contributed by atoms with E-state index in [1.807, 2.05) is 27.9 Å². The van der Waals surface area contributed by atoms with E-state index >= 15 is 0 Å². The summed E-state index contributed by atoms with van der Waals surface area (Å²) in [5.74, 6) is -3.23. The number of carboxylic acids is 1. The number of nitrogens with zero attached hydrogens (tertiary/aromatic N) is 2. The van der Waals surface area contributed by atoms with Crippen molar-refractivity contribution < 1.29 is 56.5 Å². The Bertz CT molecular complexity index is 2100. The van der Waals surface area contributed by atoms with E-state index in [-0.39, 0.29) is 42.3 Å². The van der Waals surface area contributed by atoms with E-state index in [2.05, 4.69) is 26.3 Å². The van der Waals surface area contributed by atoms with Crippen molar-refractivity contribution >= 4 is 52.3 Å². The van der Waals surface area contributed by atoms with Crippen LogP contribution in [-0.2, 0) is 32.0 Å². The number of halogens is 3. The summed E-state index contributed by atoms with van der Waals surface area (Å²) in [5, 5.41) is 20.8. The molecule has 1 aliphatic carbocycles. The predicted molar refractivity (Wildman–Crippen MR) is 219 cm³/mol. The molecule has 3 aromatic carbocycles. The molecule has 7 N–H and O–H groups in total. The third-order valence-corrected chi connectivity index (χ3v) is 9.63. The van der Waals surface area contributed by atoms with Gasteiger partial charge in [-0.25, -0.2) is 9.78 Å². The second-order valence-corrected chi connectivity index (χ2v) is 14.6. The minimum absolute atomic E-state index is 0.00473. The van der Waals surface area contributed by atoms with Gasteiger partial charge in [0.15, 0.2) is 6.61 Å². The molecule has 0 bridgehead atoms. The Kier molecular flexibility index (Phi) is 17.1. The molecular weight excluding hydrogens is 824 g/mol. The lowest BCUT2D eigenvalue weighted by atomic mass is 10.1. The van der Waals surface area contributed by atoms with Crippen LogP contribution in [0.1, 0.15) is 55.2 Å². The quantitative estimate of drug-likeness (QED) is 0.0692. The Morgan fingerprint density at radius 3 is 2.33 bits per heavy atom. The van der Waals surface area contributed by atoms with Gasteiger partial charge in [0.1, 0.15) is 5.75 Å². The number of aromatic nitrogens is 1. The van der Waals surface area contributed by atoms with Gasteiger partial charge >= 0.3 is 12.1 Å². The van der Waals surface area contributed by atoms with Gasteiger partial charge in [-0.2, -0.15) is 13.2 Å². The van der Waals surface area contributed by atoms with E-state index < -0.39 is 12.1 Å². The second kappa shape index (κ2) is 22.6. The molecule has 4 amide bonds. The smallest absolute Gasteiger partial charge is 0.482 e. The first-order valence-electron chi connectivity index (χ1n) is 19.2. The number of ether oxygens (including phenoxy) is 3. The molecule has 1 atom stereocenters. The van der Waals surface area contributed by atoms with Gasteiger partial charge in [0.05, 0.1) is 43.3 Å². The fourth-order valence-electron chi connectivity index (χ4n) is 5.80. The number of nitrogens with one attached hydrogen (secondary N) is 4. The van der Waals surface area contributed by atoms with Crippen molar-refractivity contribution in [2.24, 2.45) is 5.73 Å². The molecule has 1 aromatic heterocycles. The number of alkyl halides is 3. The highest BCUT2D eigenvalue weighted by Crippen LogP contribution is 2.33. The van der Waals surface area contributed by atoms with Crippen LogP contribution in [-0.4, -0.2) is 116 Å². The van der Waals surface area contributed by atoms with Crippen molar-refractivity contribution in [1.29, 1.82) is 0 Å². The molecule has 2 aliphatic rings. The first-order chi connectivity index (χ1) is 29.3. The molecule has 20 heteroatoms. The summed E-state index contributed by atoms with van der Waals surface area (Å²) in [7, 11) is 0. The standard InChI is InChI=1S/C39H45N7O7S.C2HF3O2/c40-30(20-32-24-54-25-43-32)21-41-12-14-51-16-17-52-15-13-42-37(48)28-2-1-3-31(18-28)44-38(49)27-6-4-26(5-7-27)22-46(33-9-10-33)39(50)29-8-11-34-35(19-29)53-23-36(47)45-34;3-2(4,5)1(6)7/h1-8,11,18-19,24-25,30,33,41H,9-10,12-17,20-23,40H2,(H,42,48)(H,44,49)(H,45,47);(H,6,7)/t30-;/m0./s1. The summed E-state index contributed by atoms with van der Waals surface area (Å²) in [6.07, 6.45) is -2.49. The first-order valence-corrected chi connectivity index (χ1v) is 20.2. The third-order valence-electron chi connectivity index (χ3n) is 8.99. The van der Waals surface area contributed by atoms with Gasteiger partial charge in [-0.15, -0.1) is 11.3 Å². The second-order valence-electron chi connectivity index (χ2n) is 13.9. The van der Waals surface area contributed by atoms with Gasteiger partial charge in [-0.3, -0.25) is 19.2 Å². The average molecular weight is 870 g/mol. The fourth-order valence-corrected chi connectivity index (χ4v) is 6.37. The maximum Gasteiger partial charge on any atom is 0.490 e. The molecule has 2 heterocycles. The molecular formula is C41H46F3N7O9S. The molecule has 16 nitrogen and oxygen atoms in total. The highest BCUT2D eigenvalue weighted by molar-refractivity contribution is 7.07. The number of hydrogen-bond acceptors (Lipinski definition) is 12. The van der Waals surface area contributed by atoms with Crippen molar-refractivity contribution in [3.05, 3.63) is 106 Å². The highest BCUT2D eigenvalue weighted by atomic mass is 32.1. The van der Waals surface area contributed by atoms with E-state index in [9.17, 15) is 32.3 Å². The van der Waals surface area contributed by atoms with Gasteiger partial charge < -0.3 is 51.2 Å². The van der Waals surface area contributed by atoms with Crippen LogP contribution in [0.4, 0.5) is 24.5 Å². The topological polar surface area (TPSA) is 224 Å². The van der Waals surface area contributed by atoms with Gasteiger partial charge in [-0.05, 0) is 66.9 Å². The maximum atomic E-state index is 13.5. The van der Waals surface area contributed by atoms with Crippen LogP contribution in [0.5, 0.6) is 5.75 Å². The number of carbonyl (C=O) groups is 5. The summed E-state index contributed by atoms with van der Waals surface area (Å²) >= 11 is 1.57. The molecule has 4 aromatic rings. The van der Waals surface area contributed by atoms with Crippen LogP contribution in [0.3, 0.4) is 0 Å². The lowest BCUT2D eigenvalue weighted by Crippen LogP contribution is -2.37. The maximum absolute atomic E-state index is 13.5. The minimum atomic E-state index is -5.08. The monoisotopic (exact) mass is 869 g/mol. The fraction of sp³-hybridized carbons (Fsp3) is 0.366. The zero-order chi connectivity index (χ0) is 43.8. The minimum Gasteiger partial charge on any atom is -0.482 e. The number of benzene rings is 3. The number of carbonyl (C=O) groups excluding carboxylic acids is 4. The van der Waals surface area contributed by atoms with Gasteiger partial charge in [0.2, 0.25) is 0 Å². The largest absolute Gasteiger partial charge is 0.490 e. The van der Waals surface area contributed by atoms with E-state index in [0.29, 0.717) is 86.4 Å². The Morgan fingerprint density at radius 2 is 1.66 bits per heavy atom. The lowest BCUT2D eigenvalue weighted by molar-refractivity contribution is -0.192. The molecule has 326 valence electrons. The van der Waals surface area contributed by atoms with E-state index in [1.54, 1.807) is 65.9 Å². The Balaban J connectivity index is 0.000000925. The summed E-state index contributed by atoms with van der Waals surface area (Å²) in [4.78, 5) is 65.9. The molecule has 0 radical (unpaired) electrons. The summed E-state index contributed by atoms with van der Waals surface area (Å²) in [5.41, 5.74) is 12.2. The number of fused-ring (bicyclic) bond motifs is 1. The molecule has 0 unspecified atom stereocenters. The number of thiazole rings is 1. The predicted octanol–water partition coefficient (Wildman–Crippen LogP) is 4.09. The van der Waals surface area contributed by atoms with E-state index in [0.717, 1.165) is 30.5 Å². The molecule has 6 rings (SSSR count). The Labute approximate surface area is 352 Å². The Hall–Kier alpha value is -5.93. The first kappa shape index (κ1) is 46.1. The summed E-state index contributed by atoms with van der Waals surface area (Å²) in [6, 6.07) is 19.0. The lowest BCUT2D eigenvalue weighted by Gasteiger charge is -2.24.